The lowest BCUT2D eigenvalue weighted by atomic mass is 9.89. The van der Waals surface area contributed by atoms with E-state index in [1.807, 2.05) is 30.3 Å². The van der Waals surface area contributed by atoms with Crippen molar-refractivity contribution in [2.24, 2.45) is 5.92 Å². The molecule has 2 aromatic carbocycles. The third kappa shape index (κ3) is 5.59. The quantitative estimate of drug-likeness (QED) is 0.582. The zero-order valence-corrected chi connectivity index (χ0v) is 19.9. The molecule has 1 unspecified atom stereocenters. The number of carbonyl (C=O) groups is 2. The number of piperidine rings is 1. The predicted molar refractivity (Wildman–Crippen MR) is 130 cm³/mol. The Morgan fingerprint density at radius 2 is 1.76 bits per heavy atom. The largest absolute Gasteiger partial charge is 0.496 e. The molecule has 0 aromatic heterocycles. The minimum Gasteiger partial charge on any atom is -0.496 e. The number of nitrogens with zero attached hydrogens (tertiary/aromatic N) is 1. The van der Waals surface area contributed by atoms with Gasteiger partial charge in [0, 0.05) is 17.8 Å². The van der Waals surface area contributed by atoms with Crippen LogP contribution in [0.3, 0.4) is 0 Å². The van der Waals surface area contributed by atoms with Crippen LogP contribution < -0.4 is 15.4 Å². The molecule has 180 valence electrons. The Balaban J connectivity index is 1.54. The number of benzene rings is 2. The second kappa shape index (κ2) is 11.2. The maximum atomic E-state index is 13.1. The minimum atomic E-state index is -0.644. The van der Waals surface area contributed by atoms with Crippen LogP contribution in [0.15, 0.2) is 65.9 Å². The van der Waals surface area contributed by atoms with Crippen molar-refractivity contribution in [2.75, 3.05) is 33.4 Å². The number of urea groups is 1. The first-order valence-electron chi connectivity index (χ1n) is 12.0. The molecule has 2 amide bonds. The smallest absolute Gasteiger partial charge is 0.338 e. The molecular formula is C27H33N3O4. The summed E-state index contributed by atoms with van der Waals surface area (Å²) < 4.78 is 10.9. The number of methoxy groups -OCH3 is 1. The lowest BCUT2D eigenvalue weighted by molar-refractivity contribution is -0.139. The van der Waals surface area contributed by atoms with Crippen molar-refractivity contribution in [3.8, 4) is 5.75 Å². The van der Waals surface area contributed by atoms with E-state index in [0.29, 0.717) is 29.5 Å². The first-order valence-corrected chi connectivity index (χ1v) is 12.0. The summed E-state index contributed by atoms with van der Waals surface area (Å²) in [6.07, 6.45) is 3.25. The van der Waals surface area contributed by atoms with Crippen LogP contribution in [0.2, 0.25) is 0 Å². The van der Waals surface area contributed by atoms with Gasteiger partial charge in [0.2, 0.25) is 0 Å². The van der Waals surface area contributed by atoms with Gasteiger partial charge in [-0.05, 0) is 56.8 Å². The third-order valence-electron chi connectivity index (χ3n) is 6.55. The Bertz CT molecular complexity index is 1030. The molecule has 2 N–H and O–H groups in total. The molecule has 1 fully saturated rings. The van der Waals surface area contributed by atoms with Crippen molar-refractivity contribution >= 4 is 12.0 Å². The van der Waals surface area contributed by atoms with Crippen molar-refractivity contribution in [3.63, 3.8) is 0 Å². The van der Waals surface area contributed by atoms with Crippen LogP contribution in [-0.2, 0) is 16.0 Å². The highest BCUT2D eigenvalue weighted by Gasteiger charge is 2.36. The van der Waals surface area contributed by atoms with E-state index in [2.05, 4.69) is 39.8 Å². The van der Waals surface area contributed by atoms with Gasteiger partial charge >= 0.3 is 12.0 Å². The molecule has 2 aliphatic heterocycles. The van der Waals surface area contributed by atoms with E-state index in [1.54, 1.807) is 14.0 Å². The number of carbonyl (C=O) groups excluding carboxylic acids is 2. The lowest BCUT2D eigenvalue weighted by Gasteiger charge is -2.35. The molecule has 0 spiro atoms. The standard InChI is InChI=1S/C27H33N3O4/c1-3-34-26(31)24-22(28-27(32)29-25(24)21-11-7-8-12-23(21)33-2)18-30-15-13-20(14-16-30)17-19-9-5-4-6-10-19/h4-12,20,25H,3,13-18H2,1-2H3,(H2,28,29,32). The average Bonchev–Trinajstić information content (AvgIpc) is 2.85. The van der Waals surface area contributed by atoms with Gasteiger partial charge in [0.05, 0.1) is 25.3 Å². The molecule has 0 radical (unpaired) electrons. The zero-order chi connectivity index (χ0) is 23.9. The van der Waals surface area contributed by atoms with E-state index in [1.165, 1.54) is 5.56 Å². The van der Waals surface area contributed by atoms with Crippen LogP contribution in [-0.4, -0.2) is 50.3 Å². The van der Waals surface area contributed by atoms with E-state index >= 15 is 0 Å². The highest BCUT2D eigenvalue weighted by atomic mass is 16.5. The van der Waals surface area contributed by atoms with Gasteiger partial charge in [0.15, 0.2) is 0 Å². The number of para-hydroxylation sites is 1. The van der Waals surface area contributed by atoms with Gasteiger partial charge in [-0.25, -0.2) is 9.59 Å². The SMILES string of the molecule is CCOC(=O)C1=C(CN2CCC(Cc3ccccc3)CC2)NC(=O)NC1c1ccccc1OC. The molecule has 7 nitrogen and oxygen atoms in total. The van der Waals surface area contributed by atoms with Crippen LogP contribution in [0.5, 0.6) is 5.75 Å². The third-order valence-corrected chi connectivity index (χ3v) is 6.55. The van der Waals surface area contributed by atoms with Crippen molar-refractivity contribution in [2.45, 2.75) is 32.2 Å². The first kappa shape index (κ1) is 23.8. The van der Waals surface area contributed by atoms with Crippen LogP contribution in [0.25, 0.3) is 0 Å². The van der Waals surface area contributed by atoms with Crippen molar-refractivity contribution in [1.29, 1.82) is 0 Å². The number of hydrogen-bond acceptors (Lipinski definition) is 5. The molecule has 7 heteroatoms. The van der Waals surface area contributed by atoms with Crippen molar-refractivity contribution < 1.29 is 19.1 Å². The Labute approximate surface area is 201 Å². The van der Waals surface area contributed by atoms with E-state index in [9.17, 15) is 9.59 Å². The van der Waals surface area contributed by atoms with Gasteiger partial charge in [-0.15, -0.1) is 0 Å². The minimum absolute atomic E-state index is 0.257. The number of amides is 2. The highest BCUT2D eigenvalue weighted by Crippen LogP contribution is 2.34. The fourth-order valence-corrected chi connectivity index (χ4v) is 4.85. The highest BCUT2D eigenvalue weighted by molar-refractivity contribution is 5.95. The lowest BCUT2D eigenvalue weighted by Crippen LogP contribution is -2.49. The van der Waals surface area contributed by atoms with Gasteiger partial charge in [-0.3, -0.25) is 4.90 Å². The Kier molecular flexibility index (Phi) is 7.85. The van der Waals surface area contributed by atoms with Gasteiger partial charge in [-0.2, -0.15) is 0 Å². The van der Waals surface area contributed by atoms with Gasteiger partial charge in [0.1, 0.15) is 5.75 Å². The fourth-order valence-electron chi connectivity index (χ4n) is 4.85. The zero-order valence-electron chi connectivity index (χ0n) is 19.9. The van der Waals surface area contributed by atoms with Gasteiger partial charge < -0.3 is 20.1 Å². The normalized spacial score (nSPS) is 19.4. The summed E-state index contributed by atoms with van der Waals surface area (Å²) in [5.74, 6) is 0.818. The predicted octanol–water partition coefficient (Wildman–Crippen LogP) is 3.82. The van der Waals surface area contributed by atoms with Crippen LogP contribution >= 0.6 is 0 Å². The number of nitrogens with one attached hydrogen (secondary N) is 2. The fraction of sp³-hybridized carbons (Fsp3) is 0.407. The van der Waals surface area contributed by atoms with E-state index in [0.717, 1.165) is 37.9 Å². The number of rotatable bonds is 8. The van der Waals surface area contributed by atoms with E-state index < -0.39 is 12.0 Å². The van der Waals surface area contributed by atoms with Crippen molar-refractivity contribution in [1.82, 2.24) is 15.5 Å². The van der Waals surface area contributed by atoms with E-state index in [4.69, 9.17) is 9.47 Å². The van der Waals surface area contributed by atoms with Gasteiger partial charge in [0.25, 0.3) is 0 Å². The summed E-state index contributed by atoms with van der Waals surface area (Å²) in [4.78, 5) is 28.0. The molecule has 2 aliphatic rings. The number of ether oxygens (including phenoxy) is 2. The molecule has 1 saturated heterocycles. The number of esters is 1. The maximum absolute atomic E-state index is 13.1. The summed E-state index contributed by atoms with van der Waals surface area (Å²) in [5.41, 5.74) is 3.12. The van der Waals surface area contributed by atoms with Crippen LogP contribution in [0.1, 0.15) is 36.9 Å². The molecule has 4 rings (SSSR count). The molecule has 1 atom stereocenters. The summed E-state index contributed by atoms with van der Waals surface area (Å²) in [6, 6.07) is 17.0. The van der Waals surface area contributed by atoms with Crippen LogP contribution in [0.4, 0.5) is 4.79 Å². The molecular weight excluding hydrogens is 430 g/mol. The molecule has 0 bridgehead atoms. The molecule has 0 saturated carbocycles. The number of hydrogen-bond donors (Lipinski definition) is 2. The summed E-state index contributed by atoms with van der Waals surface area (Å²) in [7, 11) is 1.58. The maximum Gasteiger partial charge on any atom is 0.338 e. The Morgan fingerprint density at radius 1 is 1.06 bits per heavy atom. The molecule has 2 aromatic rings. The van der Waals surface area contributed by atoms with E-state index in [-0.39, 0.29) is 12.6 Å². The van der Waals surface area contributed by atoms with Crippen LogP contribution in [0, 0.1) is 5.92 Å². The molecule has 2 heterocycles. The summed E-state index contributed by atoms with van der Waals surface area (Å²) in [5, 5.41) is 5.78. The molecule has 0 aliphatic carbocycles. The van der Waals surface area contributed by atoms with Gasteiger partial charge in [-0.1, -0.05) is 48.5 Å². The summed E-state index contributed by atoms with van der Waals surface area (Å²) >= 11 is 0. The summed E-state index contributed by atoms with van der Waals surface area (Å²) in [6.45, 7) is 4.36. The molecule has 34 heavy (non-hydrogen) atoms. The monoisotopic (exact) mass is 463 g/mol. The Hall–Kier alpha value is -3.32. The second-order valence-corrected chi connectivity index (χ2v) is 8.80. The average molecular weight is 464 g/mol. The second-order valence-electron chi connectivity index (χ2n) is 8.80. The topological polar surface area (TPSA) is 79.9 Å². The first-order chi connectivity index (χ1) is 16.6. The Morgan fingerprint density at radius 3 is 2.47 bits per heavy atom. The number of likely N-dealkylation sites (tertiary alicyclic amines) is 1. The van der Waals surface area contributed by atoms with Crippen molar-refractivity contribution in [3.05, 3.63) is 77.0 Å².